The molecule has 0 fully saturated rings. The van der Waals surface area contributed by atoms with Crippen LogP contribution in [0, 0.1) is 0 Å². The molecule has 34 heavy (non-hydrogen) atoms. The molecular weight excluding hydrogens is 474 g/mol. The van der Waals surface area contributed by atoms with Gasteiger partial charge in [0.25, 0.3) is 10.1 Å². The fraction of sp³-hybridized carbons (Fsp3) is 1.00. The molecule has 0 saturated carbocycles. The van der Waals surface area contributed by atoms with E-state index in [0.717, 1.165) is 25.7 Å². The summed E-state index contributed by atoms with van der Waals surface area (Å²) in [7, 11) is -4.05. The molecule has 0 bridgehead atoms. The topological polar surface area (TPSA) is 43.4 Å². The summed E-state index contributed by atoms with van der Waals surface area (Å²) in [5.41, 5.74) is -1.87. The van der Waals surface area contributed by atoms with Gasteiger partial charge in [0.05, 0.1) is 6.61 Å². The van der Waals surface area contributed by atoms with Gasteiger partial charge >= 0.3 is 51.4 Å². The summed E-state index contributed by atoms with van der Waals surface area (Å²) in [5.74, 6) is 0. The predicted octanol–water partition coefficient (Wildman–Crippen LogP) is 9.38. The molecule has 6 heteroatoms. The number of alkyl halides is 1. The van der Waals surface area contributed by atoms with Gasteiger partial charge in [-0.3, -0.25) is 4.18 Å². The van der Waals surface area contributed by atoms with E-state index >= 15 is 0 Å². The number of hydrogen-bond acceptors (Lipinski definition) is 3. The van der Waals surface area contributed by atoms with Crippen molar-refractivity contribution >= 4 is 61.5 Å². The van der Waals surface area contributed by atoms with E-state index in [-0.39, 0.29) is 64.4 Å². The standard InChI is InChI=1S/C28H57FO3S.K.H/c1-3-5-7-9-11-13-14-15-16-17-19-21-23-25-27-32-33(30,31)28(29)26-24-22-20-18-12-10-8-6-4-2;;/h28H,3-27H2,1-2H3;;. The van der Waals surface area contributed by atoms with E-state index in [0.29, 0.717) is 12.8 Å². The van der Waals surface area contributed by atoms with E-state index in [4.69, 9.17) is 4.18 Å². The first kappa shape index (κ1) is 37.6. The Hall–Kier alpha value is 1.48. The van der Waals surface area contributed by atoms with Crippen molar-refractivity contribution in [2.75, 3.05) is 6.61 Å². The van der Waals surface area contributed by atoms with Gasteiger partial charge in [-0.1, -0.05) is 149 Å². The second-order valence-electron chi connectivity index (χ2n) is 9.94. The normalized spacial score (nSPS) is 12.6. The van der Waals surface area contributed by atoms with Crippen molar-refractivity contribution in [2.24, 2.45) is 0 Å². The Bertz CT molecular complexity index is 488. The van der Waals surface area contributed by atoms with E-state index in [1.54, 1.807) is 0 Å². The van der Waals surface area contributed by atoms with Gasteiger partial charge in [-0.2, -0.15) is 8.42 Å². The molecule has 0 aromatic rings. The van der Waals surface area contributed by atoms with Crippen LogP contribution in [0.5, 0.6) is 0 Å². The quantitative estimate of drug-likeness (QED) is 0.0601. The zero-order valence-corrected chi connectivity index (χ0v) is 23.1. The summed E-state index contributed by atoms with van der Waals surface area (Å²) in [6.45, 7) is 4.60. The van der Waals surface area contributed by atoms with Crippen molar-refractivity contribution in [1.29, 1.82) is 0 Å². The zero-order valence-electron chi connectivity index (χ0n) is 22.3. The van der Waals surface area contributed by atoms with Crippen molar-refractivity contribution in [3.05, 3.63) is 0 Å². The molecule has 1 unspecified atom stereocenters. The Morgan fingerprint density at radius 2 is 0.824 bits per heavy atom. The van der Waals surface area contributed by atoms with Gasteiger partial charge in [0.1, 0.15) is 0 Å². The minimum atomic E-state index is -4.05. The third kappa shape index (κ3) is 26.5. The molecule has 0 heterocycles. The monoisotopic (exact) mass is 532 g/mol. The molecule has 0 amide bonds. The molecule has 0 N–H and O–H groups in total. The zero-order chi connectivity index (χ0) is 24.5. The van der Waals surface area contributed by atoms with Gasteiger partial charge in [-0.15, -0.1) is 0 Å². The summed E-state index contributed by atoms with van der Waals surface area (Å²) in [4.78, 5) is 0. The maximum absolute atomic E-state index is 14.1. The fourth-order valence-electron chi connectivity index (χ4n) is 4.31. The van der Waals surface area contributed by atoms with Crippen LogP contribution in [0.15, 0.2) is 0 Å². The molecule has 0 spiro atoms. The van der Waals surface area contributed by atoms with E-state index < -0.39 is 15.6 Å². The third-order valence-electron chi connectivity index (χ3n) is 6.59. The average Bonchev–Trinajstić information content (AvgIpc) is 2.80. The Balaban J connectivity index is 0. The van der Waals surface area contributed by atoms with Gasteiger partial charge in [0.15, 0.2) is 0 Å². The van der Waals surface area contributed by atoms with Gasteiger partial charge < -0.3 is 0 Å². The summed E-state index contributed by atoms with van der Waals surface area (Å²) < 4.78 is 42.9. The van der Waals surface area contributed by atoms with Gasteiger partial charge in [0.2, 0.25) is 5.50 Å². The first-order chi connectivity index (χ1) is 16.0. The molecule has 0 aliphatic rings. The van der Waals surface area contributed by atoms with Crippen LogP contribution in [0.25, 0.3) is 0 Å². The fourth-order valence-corrected chi connectivity index (χ4v) is 5.26. The van der Waals surface area contributed by atoms with Crippen LogP contribution in [-0.4, -0.2) is 71.9 Å². The van der Waals surface area contributed by atoms with Gasteiger partial charge in [-0.05, 0) is 19.3 Å². The molecule has 0 radical (unpaired) electrons. The number of rotatable bonds is 27. The molecule has 1 atom stereocenters. The van der Waals surface area contributed by atoms with Crippen LogP contribution >= 0.6 is 0 Å². The molecule has 0 aliphatic heterocycles. The van der Waals surface area contributed by atoms with Gasteiger partial charge in [-0.25, -0.2) is 4.39 Å². The Kier molecular flexibility index (Phi) is 32.1. The average molecular weight is 533 g/mol. The van der Waals surface area contributed by atoms with Crippen molar-refractivity contribution in [2.45, 2.75) is 173 Å². The number of unbranched alkanes of at least 4 members (excludes halogenated alkanes) is 21. The molecule has 202 valence electrons. The van der Waals surface area contributed by atoms with Crippen LogP contribution in [0.1, 0.15) is 168 Å². The Labute approximate surface area is 256 Å². The van der Waals surface area contributed by atoms with Crippen molar-refractivity contribution in [3.63, 3.8) is 0 Å². The van der Waals surface area contributed by atoms with Crippen molar-refractivity contribution < 1.29 is 17.0 Å². The van der Waals surface area contributed by atoms with E-state index in [9.17, 15) is 12.8 Å². The summed E-state index contributed by atoms with van der Waals surface area (Å²) in [5, 5.41) is 0. The molecule has 0 saturated heterocycles. The van der Waals surface area contributed by atoms with Crippen LogP contribution in [0.3, 0.4) is 0 Å². The molecule has 3 nitrogen and oxygen atoms in total. The predicted molar refractivity (Wildman–Crippen MR) is 149 cm³/mol. The number of hydrogen-bond donors (Lipinski definition) is 0. The molecule has 0 aliphatic carbocycles. The van der Waals surface area contributed by atoms with Crippen LogP contribution in [-0.2, 0) is 14.3 Å². The third-order valence-corrected chi connectivity index (χ3v) is 7.95. The molecule has 0 rings (SSSR count). The van der Waals surface area contributed by atoms with Crippen molar-refractivity contribution in [3.8, 4) is 0 Å². The van der Waals surface area contributed by atoms with E-state index in [1.807, 2.05) is 0 Å². The Morgan fingerprint density at radius 3 is 1.18 bits per heavy atom. The van der Waals surface area contributed by atoms with Crippen molar-refractivity contribution in [1.82, 2.24) is 0 Å². The molecular formula is C28H58FKO3S. The first-order valence-corrected chi connectivity index (χ1v) is 16.0. The summed E-state index contributed by atoms with van der Waals surface area (Å²) in [6.07, 6.45) is 27.7. The summed E-state index contributed by atoms with van der Waals surface area (Å²) >= 11 is 0. The maximum atomic E-state index is 14.1. The molecule has 0 aromatic heterocycles. The Morgan fingerprint density at radius 1 is 0.529 bits per heavy atom. The van der Waals surface area contributed by atoms with E-state index in [2.05, 4.69) is 13.8 Å². The van der Waals surface area contributed by atoms with Gasteiger partial charge in [0, 0.05) is 0 Å². The van der Waals surface area contributed by atoms with Crippen LogP contribution < -0.4 is 0 Å². The molecule has 0 aromatic carbocycles. The first-order valence-electron chi connectivity index (χ1n) is 14.6. The second kappa shape index (κ2) is 29.0. The van der Waals surface area contributed by atoms with E-state index in [1.165, 1.54) is 109 Å². The second-order valence-corrected chi connectivity index (χ2v) is 11.7. The summed E-state index contributed by atoms with van der Waals surface area (Å²) in [6, 6.07) is 0. The van der Waals surface area contributed by atoms with Crippen LogP contribution in [0.2, 0.25) is 0 Å². The SMILES string of the molecule is CCCCCCCCCCCCCCCCOS(=O)(=O)C(F)CCCCCCCCCCC.[KH]. The number of halogens is 1. The minimum absolute atomic E-state index is 0. The van der Waals surface area contributed by atoms with Crippen LogP contribution in [0.4, 0.5) is 4.39 Å².